The smallest absolute Gasteiger partial charge is 0.270 e. The minimum atomic E-state index is -0.00864. The number of aromatic nitrogens is 1. The molecular formula is C16H15Br2N3OS2. The number of amides is 1. The van der Waals surface area contributed by atoms with E-state index in [4.69, 9.17) is 0 Å². The number of nitrogens with zero attached hydrogens (tertiary/aromatic N) is 3. The topological polar surface area (TPSA) is 36.4 Å². The molecule has 0 atom stereocenters. The standard InChI is InChI=1S/C16H15Br2N3OS2/c1-20(2)7-8-21(15(22)12-5-6-14(18)23-12)16-19-11-4-3-10(17)9-13(11)24-16/h3-6,9H,7-8H2,1-2H3. The third-order valence-electron chi connectivity index (χ3n) is 3.37. The molecule has 0 aliphatic carbocycles. The van der Waals surface area contributed by atoms with Crippen LogP contribution in [0.2, 0.25) is 0 Å². The van der Waals surface area contributed by atoms with Gasteiger partial charge in [0.2, 0.25) is 0 Å². The average Bonchev–Trinajstić information content (AvgIpc) is 3.12. The van der Waals surface area contributed by atoms with Crippen LogP contribution in [-0.4, -0.2) is 43.0 Å². The zero-order chi connectivity index (χ0) is 17.3. The van der Waals surface area contributed by atoms with Crippen molar-refractivity contribution in [3.05, 3.63) is 43.5 Å². The Hall–Kier alpha value is -0.800. The van der Waals surface area contributed by atoms with Gasteiger partial charge in [0.1, 0.15) is 0 Å². The highest BCUT2D eigenvalue weighted by molar-refractivity contribution is 9.11. The lowest BCUT2D eigenvalue weighted by Gasteiger charge is -2.21. The minimum absolute atomic E-state index is 0.00864. The Morgan fingerprint density at radius 1 is 1.12 bits per heavy atom. The third kappa shape index (κ3) is 4.05. The lowest BCUT2D eigenvalue weighted by Crippen LogP contribution is -2.36. The van der Waals surface area contributed by atoms with E-state index in [1.54, 1.807) is 4.90 Å². The van der Waals surface area contributed by atoms with Crippen molar-refractivity contribution in [2.75, 3.05) is 32.1 Å². The molecule has 126 valence electrons. The lowest BCUT2D eigenvalue weighted by molar-refractivity contribution is 0.0989. The number of halogens is 2. The van der Waals surface area contributed by atoms with Crippen molar-refractivity contribution in [2.45, 2.75) is 0 Å². The minimum Gasteiger partial charge on any atom is -0.308 e. The van der Waals surface area contributed by atoms with Crippen molar-refractivity contribution in [3.63, 3.8) is 0 Å². The van der Waals surface area contributed by atoms with Gasteiger partial charge in [-0.25, -0.2) is 4.98 Å². The molecule has 1 aromatic carbocycles. The number of benzene rings is 1. The molecule has 1 amide bonds. The number of carbonyl (C=O) groups is 1. The van der Waals surface area contributed by atoms with Crippen LogP contribution in [0.15, 0.2) is 38.6 Å². The summed E-state index contributed by atoms with van der Waals surface area (Å²) in [6, 6.07) is 9.72. The number of fused-ring (bicyclic) bond motifs is 1. The van der Waals surface area contributed by atoms with E-state index in [1.165, 1.54) is 22.7 Å². The number of rotatable bonds is 5. The van der Waals surface area contributed by atoms with Crippen molar-refractivity contribution in [1.82, 2.24) is 9.88 Å². The second-order valence-electron chi connectivity index (χ2n) is 5.47. The van der Waals surface area contributed by atoms with Crippen LogP contribution in [0.3, 0.4) is 0 Å². The molecule has 0 bridgehead atoms. The van der Waals surface area contributed by atoms with Crippen LogP contribution in [0.25, 0.3) is 10.2 Å². The normalized spacial score (nSPS) is 11.4. The van der Waals surface area contributed by atoms with Gasteiger partial charge in [-0.1, -0.05) is 27.3 Å². The maximum absolute atomic E-state index is 13.0. The van der Waals surface area contributed by atoms with Gasteiger partial charge in [-0.05, 0) is 60.4 Å². The number of anilines is 1. The predicted molar refractivity (Wildman–Crippen MR) is 110 cm³/mol. The number of hydrogen-bond acceptors (Lipinski definition) is 5. The van der Waals surface area contributed by atoms with E-state index in [2.05, 4.69) is 41.7 Å². The third-order valence-corrected chi connectivity index (χ3v) is 6.52. The summed E-state index contributed by atoms with van der Waals surface area (Å²) in [5.74, 6) is -0.00864. The van der Waals surface area contributed by atoms with Gasteiger partial charge >= 0.3 is 0 Å². The number of hydrogen-bond donors (Lipinski definition) is 0. The first-order valence-corrected chi connectivity index (χ1v) is 10.4. The molecule has 0 N–H and O–H groups in total. The Morgan fingerprint density at radius 2 is 1.92 bits per heavy atom. The van der Waals surface area contributed by atoms with Gasteiger partial charge in [0, 0.05) is 17.6 Å². The molecule has 0 saturated carbocycles. The summed E-state index contributed by atoms with van der Waals surface area (Å²) in [4.78, 5) is 22.2. The molecule has 4 nitrogen and oxygen atoms in total. The fraction of sp³-hybridized carbons (Fsp3) is 0.250. The average molecular weight is 489 g/mol. The van der Waals surface area contributed by atoms with Crippen LogP contribution in [0.5, 0.6) is 0 Å². The number of thiazole rings is 1. The van der Waals surface area contributed by atoms with Gasteiger partial charge in [0.25, 0.3) is 5.91 Å². The van der Waals surface area contributed by atoms with Crippen molar-refractivity contribution in [2.24, 2.45) is 0 Å². The van der Waals surface area contributed by atoms with Gasteiger partial charge < -0.3 is 4.90 Å². The van der Waals surface area contributed by atoms with Gasteiger partial charge in [0.05, 0.1) is 18.9 Å². The van der Waals surface area contributed by atoms with Crippen LogP contribution in [0.4, 0.5) is 5.13 Å². The first-order chi connectivity index (χ1) is 11.4. The Bertz CT molecular complexity index is 875. The Labute approximate surface area is 165 Å². The maximum atomic E-state index is 13.0. The second-order valence-corrected chi connectivity index (χ2v) is 9.86. The summed E-state index contributed by atoms with van der Waals surface area (Å²) in [6.45, 7) is 1.38. The predicted octanol–water partition coefficient (Wildman–Crippen LogP) is 5.09. The van der Waals surface area contributed by atoms with Crippen LogP contribution in [-0.2, 0) is 0 Å². The molecule has 0 radical (unpaired) electrons. The molecule has 8 heteroatoms. The Kier molecular flexibility index (Phi) is 5.71. The fourth-order valence-electron chi connectivity index (χ4n) is 2.15. The van der Waals surface area contributed by atoms with E-state index in [0.29, 0.717) is 11.4 Å². The van der Waals surface area contributed by atoms with Gasteiger partial charge in [-0.2, -0.15) is 0 Å². The quantitative estimate of drug-likeness (QED) is 0.501. The second kappa shape index (κ2) is 7.61. The first-order valence-electron chi connectivity index (χ1n) is 7.22. The molecule has 0 aliphatic heterocycles. The summed E-state index contributed by atoms with van der Waals surface area (Å²) in [6.07, 6.45) is 0. The van der Waals surface area contributed by atoms with Crippen LogP contribution >= 0.6 is 54.5 Å². The molecule has 2 aromatic heterocycles. The molecule has 0 unspecified atom stereocenters. The summed E-state index contributed by atoms with van der Waals surface area (Å²) in [5.41, 5.74) is 0.910. The molecular weight excluding hydrogens is 474 g/mol. The number of likely N-dealkylation sites (N-methyl/N-ethyl adjacent to an activating group) is 1. The highest BCUT2D eigenvalue weighted by atomic mass is 79.9. The van der Waals surface area contributed by atoms with Crippen LogP contribution in [0, 0.1) is 0 Å². The van der Waals surface area contributed by atoms with Crippen molar-refractivity contribution in [1.29, 1.82) is 0 Å². The summed E-state index contributed by atoms with van der Waals surface area (Å²) in [7, 11) is 4.00. The van der Waals surface area contributed by atoms with Crippen molar-refractivity contribution >= 4 is 75.8 Å². The van der Waals surface area contributed by atoms with Gasteiger partial charge in [0.15, 0.2) is 5.13 Å². The first kappa shape index (κ1) is 18.0. The molecule has 3 aromatic rings. The number of carbonyl (C=O) groups excluding carboxylic acids is 1. The Morgan fingerprint density at radius 3 is 2.58 bits per heavy atom. The van der Waals surface area contributed by atoms with Crippen LogP contribution < -0.4 is 4.90 Å². The lowest BCUT2D eigenvalue weighted by atomic mass is 10.3. The zero-order valence-electron chi connectivity index (χ0n) is 13.1. The summed E-state index contributed by atoms with van der Waals surface area (Å²) < 4.78 is 3.03. The molecule has 0 fully saturated rings. The molecule has 0 spiro atoms. The largest absolute Gasteiger partial charge is 0.308 e. The Balaban J connectivity index is 1.97. The van der Waals surface area contributed by atoms with E-state index in [-0.39, 0.29) is 5.91 Å². The van der Waals surface area contributed by atoms with Gasteiger partial charge in [-0.15, -0.1) is 11.3 Å². The number of thiophene rings is 1. The summed E-state index contributed by atoms with van der Waals surface area (Å²) >= 11 is 9.89. The maximum Gasteiger partial charge on any atom is 0.270 e. The highest BCUT2D eigenvalue weighted by Crippen LogP contribution is 2.32. The summed E-state index contributed by atoms with van der Waals surface area (Å²) in [5, 5.41) is 0.736. The van der Waals surface area contributed by atoms with Crippen molar-refractivity contribution < 1.29 is 4.79 Å². The molecule has 2 heterocycles. The highest BCUT2D eigenvalue weighted by Gasteiger charge is 2.22. The van der Waals surface area contributed by atoms with E-state index in [0.717, 1.165) is 30.2 Å². The molecule has 0 saturated heterocycles. The van der Waals surface area contributed by atoms with E-state index >= 15 is 0 Å². The monoisotopic (exact) mass is 487 g/mol. The molecule has 24 heavy (non-hydrogen) atoms. The van der Waals surface area contributed by atoms with E-state index in [9.17, 15) is 4.79 Å². The molecule has 3 rings (SSSR count). The zero-order valence-corrected chi connectivity index (χ0v) is 17.9. The fourth-order valence-corrected chi connectivity index (χ4v) is 5.02. The SMILES string of the molecule is CN(C)CCN(C(=O)c1ccc(Br)s1)c1nc2ccc(Br)cc2s1. The van der Waals surface area contributed by atoms with Gasteiger partial charge in [-0.3, -0.25) is 9.69 Å². The van der Waals surface area contributed by atoms with E-state index in [1.807, 2.05) is 44.4 Å². The van der Waals surface area contributed by atoms with Crippen LogP contribution in [0.1, 0.15) is 9.67 Å². The molecule has 0 aliphatic rings. The van der Waals surface area contributed by atoms with Crippen molar-refractivity contribution in [3.8, 4) is 0 Å². The van der Waals surface area contributed by atoms with E-state index < -0.39 is 0 Å².